The van der Waals surface area contributed by atoms with Gasteiger partial charge in [-0.15, -0.1) is 0 Å². The molecular weight excluding hydrogens is 290 g/mol. The molecule has 1 saturated heterocycles. The fourth-order valence-electron chi connectivity index (χ4n) is 3.78. The van der Waals surface area contributed by atoms with E-state index in [9.17, 15) is 8.42 Å². The smallest absolute Gasteiger partial charge is 0.150 e. The molecule has 1 aliphatic heterocycles. The molecule has 2 fully saturated rings. The molecule has 4 unspecified atom stereocenters. The molecule has 0 amide bonds. The van der Waals surface area contributed by atoms with Gasteiger partial charge in [0.25, 0.3) is 0 Å². The van der Waals surface area contributed by atoms with Gasteiger partial charge >= 0.3 is 0 Å². The summed E-state index contributed by atoms with van der Waals surface area (Å²) in [4.78, 5) is 0. The van der Waals surface area contributed by atoms with Crippen LogP contribution in [-0.2, 0) is 9.84 Å². The molecule has 118 valence electrons. The van der Waals surface area contributed by atoms with Gasteiger partial charge in [0.2, 0.25) is 0 Å². The number of hydrogen-bond donors (Lipinski definition) is 1. The second kappa shape index (κ2) is 7.50. The molecule has 1 saturated carbocycles. The fourth-order valence-corrected chi connectivity index (χ4v) is 6.51. The van der Waals surface area contributed by atoms with Crippen LogP contribution in [0.25, 0.3) is 0 Å². The summed E-state index contributed by atoms with van der Waals surface area (Å²) in [7, 11) is -2.87. The molecule has 3 nitrogen and oxygen atoms in total. The van der Waals surface area contributed by atoms with Crippen molar-refractivity contribution in [2.75, 3.05) is 18.6 Å². The maximum absolute atomic E-state index is 11.9. The van der Waals surface area contributed by atoms with Crippen LogP contribution in [0.3, 0.4) is 0 Å². The third kappa shape index (κ3) is 4.38. The summed E-state index contributed by atoms with van der Waals surface area (Å²) >= 11 is 2.10. The first kappa shape index (κ1) is 16.6. The summed E-state index contributed by atoms with van der Waals surface area (Å²) in [5.74, 6) is 1.81. The van der Waals surface area contributed by atoms with Gasteiger partial charge in [-0.25, -0.2) is 8.42 Å². The van der Waals surface area contributed by atoms with E-state index in [0.717, 1.165) is 25.8 Å². The second-order valence-electron chi connectivity index (χ2n) is 6.37. The summed E-state index contributed by atoms with van der Waals surface area (Å²) in [5.41, 5.74) is 0. The van der Waals surface area contributed by atoms with Crippen molar-refractivity contribution in [1.29, 1.82) is 0 Å². The van der Waals surface area contributed by atoms with Crippen LogP contribution >= 0.6 is 11.8 Å². The number of thioether (sulfide) groups is 1. The maximum atomic E-state index is 11.9. The van der Waals surface area contributed by atoms with E-state index in [1.54, 1.807) is 0 Å². The van der Waals surface area contributed by atoms with Crippen LogP contribution in [0.2, 0.25) is 0 Å². The van der Waals surface area contributed by atoms with Gasteiger partial charge in [-0.3, -0.25) is 0 Å². The van der Waals surface area contributed by atoms with Crippen molar-refractivity contribution in [3.8, 4) is 0 Å². The Morgan fingerprint density at radius 3 is 2.60 bits per heavy atom. The highest BCUT2D eigenvalue weighted by Gasteiger charge is 2.36. The molecule has 0 aromatic rings. The topological polar surface area (TPSA) is 46.2 Å². The lowest BCUT2D eigenvalue weighted by atomic mass is 9.81. The summed E-state index contributed by atoms with van der Waals surface area (Å²) in [6.45, 7) is 3.15. The van der Waals surface area contributed by atoms with Crippen LogP contribution in [0.15, 0.2) is 0 Å². The first-order valence-electron chi connectivity index (χ1n) is 8.06. The molecule has 4 atom stereocenters. The quantitative estimate of drug-likeness (QED) is 0.846. The Morgan fingerprint density at radius 1 is 1.20 bits per heavy atom. The van der Waals surface area contributed by atoms with Crippen LogP contribution in [-0.4, -0.2) is 43.5 Å². The van der Waals surface area contributed by atoms with E-state index in [-0.39, 0.29) is 5.25 Å². The van der Waals surface area contributed by atoms with Crippen LogP contribution in [0.4, 0.5) is 0 Å². The van der Waals surface area contributed by atoms with Crippen LogP contribution < -0.4 is 5.32 Å². The van der Waals surface area contributed by atoms with Crippen molar-refractivity contribution < 1.29 is 8.42 Å². The van der Waals surface area contributed by atoms with E-state index in [4.69, 9.17) is 0 Å². The van der Waals surface area contributed by atoms with Crippen LogP contribution in [0.1, 0.15) is 51.9 Å². The maximum Gasteiger partial charge on any atom is 0.150 e. The molecule has 0 aromatic carbocycles. The number of hydrogen-bond acceptors (Lipinski definition) is 4. The molecular formula is C15H29NO2S2. The van der Waals surface area contributed by atoms with E-state index in [1.165, 1.54) is 37.7 Å². The van der Waals surface area contributed by atoms with E-state index >= 15 is 0 Å². The number of sulfone groups is 1. The Labute approximate surface area is 128 Å². The van der Waals surface area contributed by atoms with E-state index in [0.29, 0.717) is 17.2 Å². The SMILES string of the molecule is CCNC(C1CCCC(S(C)(=O)=O)C1)C1CCCCS1. The predicted molar refractivity (Wildman–Crippen MR) is 88.2 cm³/mol. The van der Waals surface area contributed by atoms with Crippen molar-refractivity contribution in [1.82, 2.24) is 5.32 Å². The van der Waals surface area contributed by atoms with E-state index in [2.05, 4.69) is 24.0 Å². The number of rotatable bonds is 5. The fraction of sp³-hybridized carbons (Fsp3) is 1.00. The Bertz CT molecular complexity index is 391. The third-order valence-corrected chi connectivity index (χ3v) is 7.96. The Kier molecular flexibility index (Phi) is 6.24. The standard InChI is InChI=1S/C15H29NO2S2/c1-3-16-15(14-9-4-5-10-19-14)12-7-6-8-13(11-12)20(2,17)18/h12-16H,3-11H2,1-2H3. The zero-order valence-electron chi connectivity index (χ0n) is 12.8. The second-order valence-corrected chi connectivity index (χ2v) is 10.0. The molecule has 0 radical (unpaired) electrons. The van der Waals surface area contributed by atoms with Crippen molar-refractivity contribution in [3.63, 3.8) is 0 Å². The largest absolute Gasteiger partial charge is 0.313 e. The van der Waals surface area contributed by atoms with Gasteiger partial charge in [0.15, 0.2) is 0 Å². The van der Waals surface area contributed by atoms with Crippen molar-refractivity contribution in [3.05, 3.63) is 0 Å². The summed E-state index contributed by atoms with van der Waals surface area (Å²) in [5, 5.41) is 4.26. The van der Waals surface area contributed by atoms with Gasteiger partial charge in [-0.05, 0) is 50.3 Å². The van der Waals surface area contributed by atoms with E-state index in [1.807, 2.05) is 0 Å². The summed E-state index contributed by atoms with van der Waals surface area (Å²) < 4.78 is 23.7. The zero-order chi connectivity index (χ0) is 14.6. The van der Waals surface area contributed by atoms with Gasteiger partial charge in [-0.1, -0.05) is 19.8 Å². The molecule has 0 spiro atoms. The predicted octanol–water partition coefficient (Wildman–Crippen LogP) is 2.85. The highest BCUT2D eigenvalue weighted by atomic mass is 32.2. The molecule has 0 bridgehead atoms. The minimum atomic E-state index is -2.87. The van der Waals surface area contributed by atoms with Crippen molar-refractivity contribution in [2.45, 2.75) is 68.4 Å². The minimum absolute atomic E-state index is 0.101. The van der Waals surface area contributed by atoms with Gasteiger partial charge in [0, 0.05) is 17.5 Å². The third-order valence-electron chi connectivity index (χ3n) is 4.84. The molecule has 2 aliphatic rings. The Hall–Kier alpha value is 0.260. The van der Waals surface area contributed by atoms with Crippen LogP contribution in [0.5, 0.6) is 0 Å². The lowest BCUT2D eigenvalue weighted by Crippen LogP contribution is -2.47. The van der Waals surface area contributed by atoms with Gasteiger partial charge < -0.3 is 5.32 Å². The van der Waals surface area contributed by atoms with Crippen molar-refractivity contribution >= 4 is 21.6 Å². The lowest BCUT2D eigenvalue weighted by molar-refractivity contribution is 0.261. The first-order chi connectivity index (χ1) is 9.52. The highest BCUT2D eigenvalue weighted by molar-refractivity contribution is 8.00. The normalized spacial score (nSPS) is 33.8. The van der Waals surface area contributed by atoms with E-state index < -0.39 is 9.84 Å². The summed E-state index contributed by atoms with van der Waals surface area (Å²) in [6, 6.07) is 0.509. The summed E-state index contributed by atoms with van der Waals surface area (Å²) in [6.07, 6.45) is 9.39. The minimum Gasteiger partial charge on any atom is -0.313 e. The molecule has 5 heteroatoms. The van der Waals surface area contributed by atoms with Crippen molar-refractivity contribution in [2.24, 2.45) is 5.92 Å². The number of nitrogens with one attached hydrogen (secondary N) is 1. The molecule has 2 rings (SSSR count). The Balaban J connectivity index is 2.04. The van der Waals surface area contributed by atoms with Gasteiger partial charge in [-0.2, -0.15) is 11.8 Å². The highest BCUT2D eigenvalue weighted by Crippen LogP contribution is 2.37. The average Bonchev–Trinajstić information content (AvgIpc) is 2.45. The average molecular weight is 320 g/mol. The molecule has 1 aliphatic carbocycles. The van der Waals surface area contributed by atoms with Crippen LogP contribution in [0, 0.1) is 5.92 Å². The monoisotopic (exact) mass is 319 g/mol. The van der Waals surface area contributed by atoms with Gasteiger partial charge in [0.05, 0.1) is 5.25 Å². The molecule has 1 N–H and O–H groups in total. The molecule has 0 aromatic heterocycles. The first-order valence-corrected chi connectivity index (χ1v) is 11.1. The molecule has 1 heterocycles. The lowest BCUT2D eigenvalue weighted by Gasteiger charge is -2.39. The molecule has 20 heavy (non-hydrogen) atoms. The zero-order valence-corrected chi connectivity index (χ0v) is 14.4. The Morgan fingerprint density at radius 2 is 2.00 bits per heavy atom. The van der Waals surface area contributed by atoms with Gasteiger partial charge in [0.1, 0.15) is 9.84 Å².